The monoisotopic (exact) mass is 580 g/mol. The Kier molecular flexibility index (Phi) is 7.46. The molecule has 1 N–H and O–H groups in total. The van der Waals surface area contributed by atoms with Crippen LogP contribution in [0.1, 0.15) is 29.7 Å². The molecule has 5 rings (SSSR count). The van der Waals surface area contributed by atoms with Gasteiger partial charge in [0.2, 0.25) is 11.1 Å². The minimum absolute atomic E-state index is 0.185. The minimum Gasteiger partial charge on any atom is -0.457 e. The van der Waals surface area contributed by atoms with Crippen molar-refractivity contribution in [1.82, 2.24) is 14.8 Å². The van der Waals surface area contributed by atoms with Crippen molar-refractivity contribution in [1.29, 1.82) is 0 Å². The summed E-state index contributed by atoms with van der Waals surface area (Å²) in [5, 5.41) is 9.32. The quantitative estimate of drug-likeness (QED) is 0.187. The Balaban J connectivity index is 1.46. The molecule has 1 atom stereocenters. The molecule has 1 aromatic heterocycles. The SMILES string of the molecule is CC1=C(C(=O)OCc2ccccc2)C(c2cccc(Br)c2)n2nc(SCc3ccccc3Cl)nc2N1. The number of anilines is 1. The molecule has 1 unspecified atom stereocenters. The molecule has 0 bridgehead atoms. The van der Waals surface area contributed by atoms with Crippen LogP contribution in [-0.2, 0) is 21.9 Å². The van der Waals surface area contributed by atoms with Gasteiger partial charge in [-0.2, -0.15) is 4.98 Å². The molecule has 0 saturated carbocycles. The van der Waals surface area contributed by atoms with E-state index < -0.39 is 12.0 Å². The van der Waals surface area contributed by atoms with Crippen molar-refractivity contribution in [2.45, 2.75) is 30.5 Å². The summed E-state index contributed by atoms with van der Waals surface area (Å²) in [6, 6.07) is 24.7. The molecular formula is C27H22BrClN4O2S. The molecule has 1 aliphatic rings. The van der Waals surface area contributed by atoms with Gasteiger partial charge in [0.05, 0.1) is 5.57 Å². The Hall–Kier alpha value is -3.07. The lowest BCUT2D eigenvalue weighted by Gasteiger charge is -2.28. The molecular weight excluding hydrogens is 560 g/mol. The number of rotatable bonds is 7. The van der Waals surface area contributed by atoms with E-state index in [1.165, 1.54) is 11.8 Å². The van der Waals surface area contributed by atoms with Gasteiger partial charge >= 0.3 is 5.97 Å². The molecule has 2 heterocycles. The average molecular weight is 582 g/mol. The standard InChI is InChI=1S/C27H22BrClN4O2S/c1-17-23(25(34)35-15-18-8-3-2-4-9-18)24(19-11-7-12-21(28)14-19)33-26(30-17)31-27(32-33)36-16-20-10-5-6-13-22(20)29/h2-14,24H,15-16H2,1H3,(H,30,31,32). The first-order chi connectivity index (χ1) is 17.5. The maximum atomic E-state index is 13.4. The molecule has 0 aliphatic carbocycles. The number of esters is 1. The number of allylic oxidation sites excluding steroid dienone is 1. The van der Waals surface area contributed by atoms with Crippen LogP contribution >= 0.6 is 39.3 Å². The van der Waals surface area contributed by atoms with Crippen molar-refractivity contribution in [2.24, 2.45) is 0 Å². The van der Waals surface area contributed by atoms with Gasteiger partial charge < -0.3 is 10.1 Å². The van der Waals surface area contributed by atoms with Crippen molar-refractivity contribution < 1.29 is 9.53 Å². The van der Waals surface area contributed by atoms with Crippen molar-refractivity contribution >= 4 is 51.2 Å². The summed E-state index contributed by atoms with van der Waals surface area (Å²) < 4.78 is 8.39. The van der Waals surface area contributed by atoms with E-state index in [4.69, 9.17) is 26.4 Å². The fraction of sp³-hybridized carbons (Fsp3) is 0.148. The Morgan fingerprint density at radius 1 is 1.11 bits per heavy atom. The lowest BCUT2D eigenvalue weighted by molar-refractivity contribution is -0.140. The third-order valence-corrected chi connectivity index (χ3v) is 7.49. The van der Waals surface area contributed by atoms with E-state index in [9.17, 15) is 4.79 Å². The smallest absolute Gasteiger partial charge is 0.338 e. The highest BCUT2D eigenvalue weighted by Gasteiger charge is 2.35. The van der Waals surface area contributed by atoms with E-state index >= 15 is 0 Å². The second-order valence-electron chi connectivity index (χ2n) is 8.23. The van der Waals surface area contributed by atoms with Crippen molar-refractivity contribution in [2.75, 3.05) is 5.32 Å². The maximum Gasteiger partial charge on any atom is 0.338 e. The molecule has 36 heavy (non-hydrogen) atoms. The number of nitrogens with zero attached hydrogens (tertiary/aromatic N) is 3. The Bertz CT molecular complexity index is 1440. The first-order valence-electron chi connectivity index (χ1n) is 11.3. The molecule has 0 radical (unpaired) electrons. The number of carbonyl (C=O) groups is 1. The van der Waals surface area contributed by atoms with Crippen LogP contribution in [0.4, 0.5) is 5.95 Å². The zero-order valence-corrected chi connectivity index (χ0v) is 22.5. The summed E-state index contributed by atoms with van der Waals surface area (Å²) in [5.74, 6) is 0.794. The highest BCUT2D eigenvalue weighted by Crippen LogP contribution is 2.38. The number of benzene rings is 3. The van der Waals surface area contributed by atoms with Gasteiger partial charge in [0.15, 0.2) is 0 Å². The first kappa shape index (κ1) is 24.6. The van der Waals surface area contributed by atoms with Crippen LogP contribution in [-0.4, -0.2) is 20.7 Å². The van der Waals surface area contributed by atoms with Crippen LogP contribution in [0.25, 0.3) is 0 Å². The summed E-state index contributed by atoms with van der Waals surface area (Å²) in [6.45, 7) is 2.05. The molecule has 0 fully saturated rings. The minimum atomic E-state index is -0.496. The fourth-order valence-electron chi connectivity index (χ4n) is 4.00. The van der Waals surface area contributed by atoms with Gasteiger partial charge in [0.25, 0.3) is 0 Å². The molecule has 0 saturated heterocycles. The van der Waals surface area contributed by atoms with Crippen LogP contribution in [0, 0.1) is 0 Å². The predicted octanol–water partition coefficient (Wildman–Crippen LogP) is 7.02. The van der Waals surface area contributed by atoms with Crippen LogP contribution in [0.3, 0.4) is 0 Å². The lowest BCUT2D eigenvalue weighted by atomic mass is 9.96. The molecule has 3 aromatic carbocycles. The van der Waals surface area contributed by atoms with Gasteiger partial charge in [-0.05, 0) is 41.8 Å². The molecule has 0 amide bonds. The number of hydrogen-bond acceptors (Lipinski definition) is 6. The predicted molar refractivity (Wildman–Crippen MR) is 146 cm³/mol. The number of carbonyl (C=O) groups excluding carboxylic acids is 1. The van der Waals surface area contributed by atoms with Crippen molar-refractivity contribution in [3.63, 3.8) is 0 Å². The van der Waals surface area contributed by atoms with Crippen LogP contribution in [0.15, 0.2) is 99.8 Å². The van der Waals surface area contributed by atoms with Crippen LogP contribution in [0.2, 0.25) is 5.02 Å². The molecule has 0 spiro atoms. The molecule has 9 heteroatoms. The van der Waals surface area contributed by atoms with Gasteiger partial charge in [-0.1, -0.05) is 100.0 Å². The topological polar surface area (TPSA) is 69.0 Å². The number of hydrogen-bond donors (Lipinski definition) is 1. The number of aromatic nitrogens is 3. The molecule has 6 nitrogen and oxygen atoms in total. The largest absolute Gasteiger partial charge is 0.457 e. The Morgan fingerprint density at radius 2 is 1.89 bits per heavy atom. The Morgan fingerprint density at radius 3 is 2.67 bits per heavy atom. The highest BCUT2D eigenvalue weighted by atomic mass is 79.9. The van der Waals surface area contributed by atoms with E-state index in [1.54, 1.807) is 4.68 Å². The summed E-state index contributed by atoms with van der Waals surface area (Å²) >= 11 is 11.4. The summed E-state index contributed by atoms with van der Waals surface area (Å²) in [4.78, 5) is 18.1. The summed E-state index contributed by atoms with van der Waals surface area (Å²) in [5.41, 5.74) is 4.00. The fourth-order valence-corrected chi connectivity index (χ4v) is 5.53. The van der Waals surface area contributed by atoms with Gasteiger partial charge in [-0.15, -0.1) is 5.10 Å². The lowest BCUT2D eigenvalue weighted by Crippen LogP contribution is -2.29. The maximum absolute atomic E-state index is 13.4. The van der Waals surface area contributed by atoms with Crippen molar-refractivity contribution in [3.05, 3.63) is 116 Å². The zero-order valence-electron chi connectivity index (χ0n) is 19.3. The third-order valence-electron chi connectivity index (χ3n) is 5.74. The van der Waals surface area contributed by atoms with Gasteiger partial charge in [-0.25, -0.2) is 9.48 Å². The van der Waals surface area contributed by atoms with Gasteiger partial charge in [-0.3, -0.25) is 0 Å². The highest BCUT2D eigenvalue weighted by molar-refractivity contribution is 9.10. The second kappa shape index (κ2) is 10.9. The van der Waals surface area contributed by atoms with E-state index in [-0.39, 0.29) is 6.61 Å². The normalized spacial score (nSPS) is 14.8. The third kappa shape index (κ3) is 5.36. The average Bonchev–Trinajstić information content (AvgIpc) is 3.29. The van der Waals surface area contributed by atoms with Gasteiger partial charge in [0.1, 0.15) is 12.6 Å². The summed E-state index contributed by atoms with van der Waals surface area (Å²) in [7, 11) is 0. The number of thioether (sulfide) groups is 1. The van der Waals surface area contributed by atoms with E-state index in [2.05, 4.69) is 21.2 Å². The van der Waals surface area contributed by atoms with E-state index in [0.29, 0.717) is 33.2 Å². The second-order valence-corrected chi connectivity index (χ2v) is 10.5. The van der Waals surface area contributed by atoms with Crippen molar-refractivity contribution in [3.8, 4) is 0 Å². The number of nitrogens with one attached hydrogen (secondary N) is 1. The first-order valence-corrected chi connectivity index (χ1v) is 13.4. The van der Waals surface area contributed by atoms with Crippen LogP contribution in [0.5, 0.6) is 0 Å². The van der Waals surface area contributed by atoms with E-state index in [1.807, 2.05) is 85.8 Å². The number of ether oxygens (including phenoxy) is 1. The number of halogens is 2. The van der Waals surface area contributed by atoms with E-state index in [0.717, 1.165) is 21.2 Å². The molecule has 182 valence electrons. The molecule has 4 aromatic rings. The zero-order chi connectivity index (χ0) is 25.1. The van der Waals surface area contributed by atoms with Crippen LogP contribution < -0.4 is 5.32 Å². The molecule has 1 aliphatic heterocycles. The Labute approximate surface area is 226 Å². The van der Waals surface area contributed by atoms with Gasteiger partial charge in [0, 0.05) is 20.9 Å². The number of fused-ring (bicyclic) bond motifs is 1. The summed E-state index contributed by atoms with van der Waals surface area (Å²) in [6.07, 6.45) is 0.